The van der Waals surface area contributed by atoms with E-state index in [1.54, 1.807) is 13.1 Å². The molecule has 0 unspecified atom stereocenters. The molecule has 0 fully saturated rings. The van der Waals surface area contributed by atoms with Crippen LogP contribution in [0.15, 0.2) is 24.3 Å². The highest BCUT2D eigenvalue weighted by Crippen LogP contribution is 2.29. The average Bonchev–Trinajstić information content (AvgIpc) is 2.65. The van der Waals surface area contributed by atoms with Gasteiger partial charge in [0.25, 0.3) is 5.91 Å². The van der Waals surface area contributed by atoms with Crippen LogP contribution < -0.4 is 9.47 Å². The number of nitrogens with zero attached hydrogens (tertiary/aromatic N) is 1. The van der Waals surface area contributed by atoms with E-state index in [0.717, 1.165) is 18.4 Å². The van der Waals surface area contributed by atoms with Crippen molar-refractivity contribution in [3.05, 3.63) is 29.8 Å². The monoisotopic (exact) mass is 377 g/mol. The maximum absolute atomic E-state index is 11.8. The minimum absolute atomic E-state index is 0.0572. The highest BCUT2D eigenvalue weighted by Gasteiger charge is 2.13. The smallest absolute Gasteiger partial charge is 0.331 e. The van der Waals surface area contributed by atoms with Gasteiger partial charge in [-0.05, 0) is 51.0 Å². The first kappa shape index (κ1) is 22.5. The maximum atomic E-state index is 11.8. The number of ether oxygens (including phenoxy) is 3. The Hall–Kier alpha value is -2.50. The second-order valence-corrected chi connectivity index (χ2v) is 6.38. The molecule has 0 aromatic heterocycles. The van der Waals surface area contributed by atoms with Crippen LogP contribution in [0.5, 0.6) is 11.5 Å². The van der Waals surface area contributed by atoms with E-state index in [9.17, 15) is 9.59 Å². The van der Waals surface area contributed by atoms with Gasteiger partial charge in [-0.25, -0.2) is 4.79 Å². The number of carbonyl (C=O) groups excluding carboxylic acids is 2. The van der Waals surface area contributed by atoms with Crippen molar-refractivity contribution in [3.63, 3.8) is 0 Å². The quantitative estimate of drug-likeness (QED) is 0.334. The van der Waals surface area contributed by atoms with Crippen molar-refractivity contribution in [3.8, 4) is 11.5 Å². The summed E-state index contributed by atoms with van der Waals surface area (Å²) in [6.45, 7) is 8.68. The van der Waals surface area contributed by atoms with Gasteiger partial charge < -0.3 is 19.1 Å². The van der Waals surface area contributed by atoms with Crippen molar-refractivity contribution in [2.75, 3.05) is 26.9 Å². The zero-order chi connectivity index (χ0) is 20.2. The number of likely N-dealkylation sites (N-methyl/N-ethyl adjacent to an activating group) is 1. The van der Waals surface area contributed by atoms with Crippen LogP contribution in [0.4, 0.5) is 0 Å². The van der Waals surface area contributed by atoms with Crippen molar-refractivity contribution in [1.29, 1.82) is 0 Å². The second kappa shape index (κ2) is 12.0. The lowest BCUT2D eigenvalue weighted by Crippen LogP contribution is -2.36. The van der Waals surface area contributed by atoms with Crippen LogP contribution >= 0.6 is 0 Å². The third-order valence-corrected chi connectivity index (χ3v) is 3.94. The molecule has 0 aliphatic rings. The van der Waals surface area contributed by atoms with E-state index >= 15 is 0 Å². The summed E-state index contributed by atoms with van der Waals surface area (Å²) >= 11 is 0. The number of hydrogen-bond donors (Lipinski definition) is 0. The van der Waals surface area contributed by atoms with Crippen molar-refractivity contribution < 1.29 is 23.8 Å². The van der Waals surface area contributed by atoms with Gasteiger partial charge in [-0.1, -0.05) is 19.4 Å². The van der Waals surface area contributed by atoms with Gasteiger partial charge in [-0.15, -0.1) is 0 Å². The summed E-state index contributed by atoms with van der Waals surface area (Å²) in [6.07, 6.45) is 4.95. The molecule has 0 atom stereocenters. The van der Waals surface area contributed by atoms with Gasteiger partial charge in [0.15, 0.2) is 18.1 Å². The van der Waals surface area contributed by atoms with Crippen LogP contribution in [0.2, 0.25) is 0 Å². The Morgan fingerprint density at radius 2 is 1.89 bits per heavy atom. The third-order valence-electron chi connectivity index (χ3n) is 3.94. The summed E-state index contributed by atoms with van der Waals surface area (Å²) in [5.74, 6) is 0.519. The molecule has 1 aromatic carbocycles. The molecule has 0 spiro atoms. The Morgan fingerprint density at radius 1 is 1.15 bits per heavy atom. The van der Waals surface area contributed by atoms with Gasteiger partial charge >= 0.3 is 5.97 Å². The highest BCUT2D eigenvalue weighted by atomic mass is 16.5. The number of amides is 1. The van der Waals surface area contributed by atoms with Crippen molar-refractivity contribution >= 4 is 18.0 Å². The second-order valence-electron chi connectivity index (χ2n) is 6.38. The van der Waals surface area contributed by atoms with Crippen LogP contribution in [0.3, 0.4) is 0 Å². The molecule has 150 valence electrons. The molecule has 27 heavy (non-hydrogen) atoms. The lowest BCUT2D eigenvalue weighted by atomic mass is 10.2. The molecule has 6 nitrogen and oxygen atoms in total. The zero-order valence-electron chi connectivity index (χ0n) is 17.0. The molecule has 0 aliphatic heterocycles. The minimum atomic E-state index is -0.568. The number of esters is 1. The van der Waals surface area contributed by atoms with E-state index < -0.39 is 5.97 Å². The number of rotatable bonds is 11. The fourth-order valence-corrected chi connectivity index (χ4v) is 2.08. The molecule has 0 saturated carbocycles. The topological polar surface area (TPSA) is 65.1 Å². The predicted octanol–water partition coefficient (Wildman–Crippen LogP) is 3.69. The first-order valence-electron chi connectivity index (χ1n) is 9.39. The van der Waals surface area contributed by atoms with Gasteiger partial charge in [0.1, 0.15) is 0 Å². The van der Waals surface area contributed by atoms with Crippen molar-refractivity contribution in [2.24, 2.45) is 0 Å². The van der Waals surface area contributed by atoms with Gasteiger partial charge in [-0.2, -0.15) is 0 Å². The van der Waals surface area contributed by atoms with Crippen molar-refractivity contribution in [2.45, 2.75) is 46.6 Å². The summed E-state index contributed by atoms with van der Waals surface area (Å²) in [5.41, 5.74) is 0.781. The van der Waals surface area contributed by atoms with Crippen LogP contribution in [0, 0.1) is 0 Å². The molecular formula is C21H31NO5. The van der Waals surface area contributed by atoms with E-state index in [4.69, 9.17) is 14.2 Å². The predicted molar refractivity (Wildman–Crippen MR) is 106 cm³/mol. The van der Waals surface area contributed by atoms with E-state index in [2.05, 4.69) is 6.92 Å². The van der Waals surface area contributed by atoms with Gasteiger partial charge in [0, 0.05) is 19.2 Å². The molecule has 0 bridgehead atoms. The molecule has 0 radical (unpaired) electrons. The van der Waals surface area contributed by atoms with Crippen LogP contribution in [0.25, 0.3) is 6.08 Å². The molecule has 0 N–H and O–H groups in total. The lowest BCUT2D eigenvalue weighted by Gasteiger charge is -2.20. The molecule has 1 rings (SSSR count). The minimum Gasteiger partial charge on any atom is -0.490 e. The molecule has 6 heteroatoms. The van der Waals surface area contributed by atoms with E-state index in [1.165, 1.54) is 11.0 Å². The summed E-state index contributed by atoms with van der Waals surface area (Å²) in [5, 5.41) is 0. The van der Waals surface area contributed by atoms with Crippen LogP contribution in [-0.4, -0.2) is 49.7 Å². The normalized spacial score (nSPS) is 10.9. The fourth-order valence-electron chi connectivity index (χ4n) is 2.08. The number of hydrogen-bond acceptors (Lipinski definition) is 5. The Labute approximate surface area is 162 Å². The average molecular weight is 377 g/mol. The first-order chi connectivity index (χ1) is 12.9. The van der Waals surface area contributed by atoms with Gasteiger partial charge in [-0.3, -0.25) is 4.79 Å². The third kappa shape index (κ3) is 8.15. The number of carbonyl (C=O) groups is 2. The fraction of sp³-hybridized carbons (Fsp3) is 0.524. The summed E-state index contributed by atoms with van der Waals surface area (Å²) in [6, 6.07) is 5.53. The molecule has 0 saturated heterocycles. The number of benzene rings is 1. The van der Waals surface area contributed by atoms with Gasteiger partial charge in [0.2, 0.25) is 0 Å². The molecule has 1 amide bonds. The van der Waals surface area contributed by atoms with E-state index in [1.807, 2.05) is 39.0 Å². The highest BCUT2D eigenvalue weighted by molar-refractivity contribution is 5.89. The molecule has 1 aromatic rings. The van der Waals surface area contributed by atoms with Crippen LogP contribution in [-0.2, 0) is 14.3 Å². The van der Waals surface area contributed by atoms with E-state index in [-0.39, 0.29) is 18.6 Å². The largest absolute Gasteiger partial charge is 0.490 e. The first-order valence-corrected chi connectivity index (χ1v) is 9.39. The molecular weight excluding hydrogens is 346 g/mol. The van der Waals surface area contributed by atoms with Crippen LogP contribution in [0.1, 0.15) is 46.1 Å². The SMILES string of the molecule is CCCCOc1ccc(/C=C/C(=O)OCC(=O)N(C)C(C)C)cc1OCC. The lowest BCUT2D eigenvalue weighted by molar-refractivity contribution is -0.148. The Morgan fingerprint density at radius 3 is 2.52 bits per heavy atom. The summed E-state index contributed by atoms with van der Waals surface area (Å²) < 4.78 is 16.3. The maximum Gasteiger partial charge on any atom is 0.331 e. The zero-order valence-corrected chi connectivity index (χ0v) is 17.0. The molecule has 0 heterocycles. The molecule has 0 aliphatic carbocycles. The van der Waals surface area contributed by atoms with Gasteiger partial charge in [0.05, 0.1) is 13.2 Å². The summed E-state index contributed by atoms with van der Waals surface area (Å²) in [7, 11) is 1.68. The van der Waals surface area contributed by atoms with Crippen molar-refractivity contribution in [1.82, 2.24) is 4.90 Å². The van der Waals surface area contributed by atoms with E-state index in [0.29, 0.717) is 24.7 Å². The standard InChI is InChI=1S/C21H31NO5/c1-6-8-13-26-18-11-9-17(14-19(18)25-7-2)10-12-21(24)27-15-20(23)22(5)16(3)4/h9-12,14,16H,6-8,13,15H2,1-5H3/b12-10+. The number of unbranched alkanes of at least 4 members (excludes halogenated alkanes) is 1. The summed E-state index contributed by atoms with van der Waals surface area (Å²) in [4.78, 5) is 25.2. The Bertz CT molecular complexity index is 639. The Kier molecular flexibility index (Phi) is 10.0. The Balaban J connectivity index is 2.67.